The molecule has 1 saturated heterocycles. The van der Waals surface area contributed by atoms with Gasteiger partial charge in [0.1, 0.15) is 16.2 Å². The Bertz CT molecular complexity index is 1030. The number of thiazole rings is 1. The minimum Gasteiger partial charge on any atom is -0.372 e. The van der Waals surface area contributed by atoms with Crippen molar-refractivity contribution in [1.29, 1.82) is 0 Å². The molecule has 0 spiro atoms. The van der Waals surface area contributed by atoms with E-state index in [0.29, 0.717) is 23.9 Å². The van der Waals surface area contributed by atoms with Gasteiger partial charge in [-0.05, 0) is 27.7 Å². The fraction of sp³-hybridized carbons (Fsp3) is 0.429. The summed E-state index contributed by atoms with van der Waals surface area (Å²) in [7, 11) is 0. The fourth-order valence-corrected chi connectivity index (χ4v) is 5.34. The molecule has 152 valence electrons. The van der Waals surface area contributed by atoms with E-state index in [1.54, 1.807) is 11.3 Å². The Morgan fingerprint density at radius 3 is 2.55 bits per heavy atom. The van der Waals surface area contributed by atoms with Gasteiger partial charge in [-0.2, -0.15) is 0 Å². The summed E-state index contributed by atoms with van der Waals surface area (Å²) in [6.45, 7) is 9.31. The first-order chi connectivity index (χ1) is 13.9. The standard InChI is InChI=1S/C21H24N4O2S2/c1-12-5-7-16(8-6-12)18-20-19(22-15(4)29-20)21(24-23-18)28-11-17(26)25-9-13(2)27-14(3)10-25/h5-8,13-14H,9-11H2,1-4H3. The molecule has 6 nitrogen and oxygen atoms in total. The summed E-state index contributed by atoms with van der Waals surface area (Å²) in [4.78, 5) is 19.3. The second kappa shape index (κ2) is 8.38. The number of benzene rings is 1. The molecule has 0 N–H and O–H groups in total. The Labute approximate surface area is 178 Å². The van der Waals surface area contributed by atoms with E-state index < -0.39 is 0 Å². The highest BCUT2D eigenvalue weighted by Crippen LogP contribution is 2.35. The zero-order valence-electron chi connectivity index (χ0n) is 17.0. The molecule has 3 heterocycles. The van der Waals surface area contributed by atoms with Gasteiger partial charge in [0.25, 0.3) is 0 Å². The number of thioether (sulfide) groups is 1. The Hall–Kier alpha value is -2.03. The lowest BCUT2D eigenvalue weighted by Crippen LogP contribution is -2.48. The van der Waals surface area contributed by atoms with Crippen LogP contribution < -0.4 is 0 Å². The zero-order valence-corrected chi connectivity index (χ0v) is 18.6. The smallest absolute Gasteiger partial charge is 0.233 e. The number of ether oxygens (including phenoxy) is 1. The van der Waals surface area contributed by atoms with Gasteiger partial charge in [-0.15, -0.1) is 21.5 Å². The molecule has 8 heteroatoms. The summed E-state index contributed by atoms with van der Waals surface area (Å²) in [6.07, 6.45) is 0.128. The predicted octanol–water partition coefficient (Wildman–Crippen LogP) is 4.10. The third-order valence-corrected chi connectivity index (χ3v) is 6.74. The molecule has 2 aromatic heterocycles. The molecule has 0 bridgehead atoms. The summed E-state index contributed by atoms with van der Waals surface area (Å²) < 4.78 is 6.74. The van der Waals surface area contributed by atoms with Crippen LogP contribution in [-0.4, -0.2) is 57.0 Å². The monoisotopic (exact) mass is 428 g/mol. The number of amides is 1. The van der Waals surface area contributed by atoms with E-state index in [9.17, 15) is 4.79 Å². The van der Waals surface area contributed by atoms with Crippen molar-refractivity contribution >= 4 is 39.2 Å². The number of fused-ring (bicyclic) bond motifs is 1. The minimum absolute atomic E-state index is 0.0641. The fourth-order valence-electron chi connectivity index (χ4n) is 3.52. The number of aryl methyl sites for hydroxylation is 2. The maximum Gasteiger partial charge on any atom is 0.233 e. The van der Waals surface area contributed by atoms with Crippen LogP contribution >= 0.6 is 23.1 Å². The van der Waals surface area contributed by atoms with Gasteiger partial charge in [0.05, 0.1) is 27.7 Å². The van der Waals surface area contributed by atoms with Crippen LogP contribution in [0.3, 0.4) is 0 Å². The van der Waals surface area contributed by atoms with Crippen molar-refractivity contribution in [3.05, 3.63) is 34.8 Å². The first kappa shape index (κ1) is 20.3. The molecule has 29 heavy (non-hydrogen) atoms. The Morgan fingerprint density at radius 2 is 1.86 bits per heavy atom. The highest BCUT2D eigenvalue weighted by atomic mass is 32.2. The largest absolute Gasteiger partial charge is 0.372 e. The van der Waals surface area contributed by atoms with Gasteiger partial charge in [-0.1, -0.05) is 41.6 Å². The molecule has 0 saturated carbocycles. The van der Waals surface area contributed by atoms with E-state index >= 15 is 0 Å². The first-order valence-corrected chi connectivity index (χ1v) is 11.5. The molecular weight excluding hydrogens is 404 g/mol. The van der Waals surface area contributed by atoms with Gasteiger partial charge in [0.2, 0.25) is 5.91 Å². The van der Waals surface area contributed by atoms with Crippen LogP contribution in [0.2, 0.25) is 0 Å². The number of aromatic nitrogens is 3. The SMILES string of the molecule is Cc1ccc(-c2nnc(SCC(=O)N3CC(C)OC(C)C3)c3nc(C)sc23)cc1. The summed E-state index contributed by atoms with van der Waals surface area (Å²) in [5, 5.41) is 10.6. The Morgan fingerprint density at radius 1 is 1.17 bits per heavy atom. The van der Waals surface area contributed by atoms with Crippen LogP contribution in [0.15, 0.2) is 29.3 Å². The summed E-state index contributed by atoms with van der Waals surface area (Å²) in [5.74, 6) is 0.422. The topological polar surface area (TPSA) is 68.2 Å². The van der Waals surface area contributed by atoms with Crippen molar-refractivity contribution < 1.29 is 9.53 Å². The van der Waals surface area contributed by atoms with Crippen molar-refractivity contribution in [3.8, 4) is 11.3 Å². The van der Waals surface area contributed by atoms with Crippen LogP contribution in [-0.2, 0) is 9.53 Å². The predicted molar refractivity (Wildman–Crippen MR) is 117 cm³/mol. The van der Waals surface area contributed by atoms with Crippen molar-refractivity contribution in [2.75, 3.05) is 18.8 Å². The number of morpholine rings is 1. The van der Waals surface area contributed by atoms with Crippen LogP contribution in [0.5, 0.6) is 0 Å². The molecule has 1 amide bonds. The second-order valence-electron chi connectivity index (χ2n) is 7.48. The Kier molecular flexibility index (Phi) is 5.85. The molecular formula is C21H24N4O2S2. The molecule has 3 aromatic rings. The number of rotatable bonds is 4. The van der Waals surface area contributed by atoms with Gasteiger partial charge in [0.15, 0.2) is 0 Å². The molecule has 2 unspecified atom stereocenters. The van der Waals surface area contributed by atoms with Crippen LogP contribution in [0, 0.1) is 13.8 Å². The molecule has 0 radical (unpaired) electrons. The van der Waals surface area contributed by atoms with Crippen molar-refractivity contribution in [2.45, 2.75) is 44.9 Å². The van der Waals surface area contributed by atoms with Crippen LogP contribution in [0.1, 0.15) is 24.4 Å². The zero-order chi connectivity index (χ0) is 20.5. The second-order valence-corrected chi connectivity index (χ2v) is 9.64. The maximum atomic E-state index is 12.7. The van der Waals surface area contributed by atoms with E-state index in [4.69, 9.17) is 4.74 Å². The quantitative estimate of drug-likeness (QED) is 0.583. The van der Waals surface area contributed by atoms with Gasteiger partial charge >= 0.3 is 0 Å². The first-order valence-electron chi connectivity index (χ1n) is 9.67. The molecule has 2 atom stereocenters. The normalized spacial score (nSPS) is 19.7. The summed E-state index contributed by atoms with van der Waals surface area (Å²) >= 11 is 3.03. The van der Waals surface area contributed by atoms with E-state index in [1.807, 2.05) is 25.7 Å². The van der Waals surface area contributed by atoms with E-state index in [2.05, 4.69) is 46.4 Å². The molecule has 1 fully saturated rings. The van der Waals surface area contributed by atoms with Crippen molar-refractivity contribution in [2.24, 2.45) is 0 Å². The van der Waals surface area contributed by atoms with E-state index in [1.165, 1.54) is 17.3 Å². The Balaban J connectivity index is 1.56. The average molecular weight is 429 g/mol. The summed E-state index contributed by atoms with van der Waals surface area (Å²) in [5.41, 5.74) is 3.91. The van der Waals surface area contributed by atoms with Gasteiger partial charge < -0.3 is 9.64 Å². The van der Waals surface area contributed by atoms with Gasteiger partial charge in [0, 0.05) is 18.7 Å². The molecule has 1 aliphatic heterocycles. The molecule has 0 aliphatic carbocycles. The summed E-state index contributed by atoms with van der Waals surface area (Å²) in [6, 6.07) is 8.26. The lowest BCUT2D eigenvalue weighted by Gasteiger charge is -2.35. The maximum absolute atomic E-state index is 12.7. The lowest BCUT2D eigenvalue weighted by atomic mass is 10.1. The van der Waals surface area contributed by atoms with Crippen LogP contribution in [0.25, 0.3) is 21.5 Å². The molecule has 1 aliphatic rings. The average Bonchev–Trinajstić information content (AvgIpc) is 3.07. The van der Waals surface area contributed by atoms with Gasteiger partial charge in [-0.3, -0.25) is 4.79 Å². The molecule has 4 rings (SSSR count). The molecule has 1 aromatic carbocycles. The minimum atomic E-state index is 0.0641. The number of carbonyl (C=O) groups excluding carboxylic acids is 1. The third kappa shape index (κ3) is 4.44. The number of nitrogens with zero attached hydrogens (tertiary/aromatic N) is 4. The number of hydrogen-bond donors (Lipinski definition) is 0. The lowest BCUT2D eigenvalue weighted by molar-refractivity contribution is -0.140. The third-order valence-electron chi connectivity index (χ3n) is 4.82. The van der Waals surface area contributed by atoms with Crippen LogP contribution in [0.4, 0.5) is 0 Å². The van der Waals surface area contributed by atoms with Gasteiger partial charge in [-0.25, -0.2) is 4.98 Å². The van der Waals surface area contributed by atoms with E-state index in [0.717, 1.165) is 26.5 Å². The number of hydrogen-bond acceptors (Lipinski definition) is 7. The van der Waals surface area contributed by atoms with Crippen molar-refractivity contribution in [3.63, 3.8) is 0 Å². The van der Waals surface area contributed by atoms with Crippen molar-refractivity contribution in [1.82, 2.24) is 20.1 Å². The number of carbonyl (C=O) groups is 1. The highest BCUT2D eigenvalue weighted by Gasteiger charge is 2.26. The van der Waals surface area contributed by atoms with E-state index in [-0.39, 0.29) is 18.1 Å². The highest BCUT2D eigenvalue weighted by molar-refractivity contribution is 8.00.